The Kier molecular flexibility index (Phi) is 3.73. The van der Waals surface area contributed by atoms with Gasteiger partial charge >= 0.3 is 6.18 Å². The van der Waals surface area contributed by atoms with E-state index < -0.39 is 12.2 Å². The molecule has 0 spiro atoms. The van der Waals surface area contributed by atoms with Gasteiger partial charge in [0.15, 0.2) is 0 Å². The van der Waals surface area contributed by atoms with Crippen LogP contribution in [0.3, 0.4) is 0 Å². The number of hydrogen-bond acceptors (Lipinski definition) is 2. The normalized spacial score (nSPS) is 14.2. The summed E-state index contributed by atoms with van der Waals surface area (Å²) in [5.41, 5.74) is 0.159. The minimum absolute atomic E-state index is 0.159. The van der Waals surface area contributed by atoms with Gasteiger partial charge in [0.05, 0.1) is 18.2 Å². The van der Waals surface area contributed by atoms with Crippen LogP contribution in [-0.4, -0.2) is 22.3 Å². The molecule has 1 aromatic rings. The molecule has 0 fully saturated rings. The largest absolute Gasteiger partial charge is 0.409 e. The van der Waals surface area contributed by atoms with Gasteiger partial charge in [0.2, 0.25) is 0 Å². The van der Waals surface area contributed by atoms with Crippen LogP contribution in [0.15, 0.2) is 12.5 Å². The second kappa shape index (κ2) is 4.65. The van der Waals surface area contributed by atoms with Crippen molar-refractivity contribution >= 4 is 0 Å². The van der Waals surface area contributed by atoms with Crippen LogP contribution in [0.4, 0.5) is 13.2 Å². The Morgan fingerprint density at radius 2 is 2.13 bits per heavy atom. The molecule has 1 rings (SSSR count). The summed E-state index contributed by atoms with van der Waals surface area (Å²) in [4.78, 5) is 3.73. The van der Waals surface area contributed by atoms with E-state index in [1.165, 1.54) is 17.1 Å². The summed E-state index contributed by atoms with van der Waals surface area (Å²) in [6.07, 6.45) is -1.63. The molecule has 3 nitrogen and oxygen atoms in total. The predicted molar refractivity (Wildman–Crippen MR) is 50.4 cm³/mol. The van der Waals surface area contributed by atoms with Crippen molar-refractivity contribution in [2.75, 3.05) is 6.54 Å². The molecule has 0 aromatic carbocycles. The summed E-state index contributed by atoms with van der Waals surface area (Å²) in [5, 5.41) is 2.41. The highest BCUT2D eigenvalue weighted by Crippen LogP contribution is 2.32. The molecule has 86 valence electrons. The van der Waals surface area contributed by atoms with Crippen LogP contribution < -0.4 is 5.32 Å². The maximum atomic E-state index is 12.7. The number of halogens is 3. The lowest BCUT2D eigenvalue weighted by Crippen LogP contribution is -2.35. The molecule has 1 aromatic heterocycles. The number of rotatable bonds is 4. The van der Waals surface area contributed by atoms with Crippen LogP contribution in [0.1, 0.15) is 25.6 Å². The molecule has 0 saturated heterocycles. The first kappa shape index (κ1) is 12.0. The maximum Gasteiger partial charge on any atom is 0.409 e. The van der Waals surface area contributed by atoms with Crippen molar-refractivity contribution in [1.29, 1.82) is 0 Å². The maximum absolute atomic E-state index is 12.7. The highest BCUT2D eigenvalue weighted by molar-refractivity contribution is 5.08. The molecular weight excluding hydrogens is 207 g/mol. The molecule has 0 aliphatic heterocycles. The number of nitrogens with one attached hydrogen (secondary N) is 1. The number of aryl methyl sites for hydroxylation is 1. The van der Waals surface area contributed by atoms with Gasteiger partial charge < -0.3 is 9.88 Å². The van der Waals surface area contributed by atoms with E-state index in [1.807, 2.05) is 0 Å². The van der Waals surface area contributed by atoms with E-state index in [0.29, 0.717) is 6.54 Å². The average Bonchev–Trinajstić information content (AvgIpc) is 2.59. The van der Waals surface area contributed by atoms with Crippen molar-refractivity contribution < 1.29 is 13.2 Å². The van der Waals surface area contributed by atoms with Crippen LogP contribution >= 0.6 is 0 Å². The number of imidazole rings is 1. The van der Waals surface area contributed by atoms with Gasteiger partial charge in [-0.1, -0.05) is 6.92 Å². The van der Waals surface area contributed by atoms with E-state index in [-0.39, 0.29) is 12.2 Å². The summed E-state index contributed by atoms with van der Waals surface area (Å²) in [6.45, 7) is 4.17. The molecular formula is C9H14F3N3. The fraction of sp³-hybridized carbons (Fsp3) is 0.667. The zero-order valence-corrected chi connectivity index (χ0v) is 8.67. The zero-order chi connectivity index (χ0) is 11.5. The van der Waals surface area contributed by atoms with Gasteiger partial charge in [-0.05, 0) is 13.5 Å². The quantitative estimate of drug-likeness (QED) is 0.844. The van der Waals surface area contributed by atoms with Gasteiger partial charge in [-0.15, -0.1) is 0 Å². The first-order valence-corrected chi connectivity index (χ1v) is 4.80. The fourth-order valence-electron chi connectivity index (χ4n) is 1.43. The van der Waals surface area contributed by atoms with E-state index in [2.05, 4.69) is 10.3 Å². The molecule has 0 aliphatic rings. The lowest BCUT2D eigenvalue weighted by molar-refractivity contribution is -0.158. The van der Waals surface area contributed by atoms with Gasteiger partial charge in [-0.3, -0.25) is 0 Å². The van der Waals surface area contributed by atoms with Crippen molar-refractivity contribution in [2.24, 2.45) is 0 Å². The van der Waals surface area contributed by atoms with E-state index in [4.69, 9.17) is 0 Å². The number of hydrogen-bond donors (Lipinski definition) is 1. The van der Waals surface area contributed by atoms with Gasteiger partial charge in [0.1, 0.15) is 6.04 Å². The minimum Gasteiger partial charge on any atom is -0.333 e. The Balaban J connectivity index is 2.99. The Morgan fingerprint density at radius 3 is 2.60 bits per heavy atom. The van der Waals surface area contributed by atoms with Gasteiger partial charge in [0, 0.05) is 6.54 Å². The lowest BCUT2D eigenvalue weighted by Gasteiger charge is -2.21. The van der Waals surface area contributed by atoms with Crippen molar-refractivity contribution in [1.82, 2.24) is 14.9 Å². The van der Waals surface area contributed by atoms with Crippen LogP contribution in [0.25, 0.3) is 0 Å². The highest BCUT2D eigenvalue weighted by atomic mass is 19.4. The van der Waals surface area contributed by atoms with Crippen molar-refractivity contribution in [3.63, 3.8) is 0 Å². The molecule has 6 heteroatoms. The monoisotopic (exact) mass is 221 g/mol. The summed E-state index contributed by atoms with van der Waals surface area (Å²) >= 11 is 0. The standard InChI is InChI=1S/C9H14F3N3/c1-3-14-8(9(10,11)12)7-5-13-6-15(7)4-2/h5-6,8,14H,3-4H2,1-2H3. The van der Waals surface area contributed by atoms with E-state index >= 15 is 0 Å². The highest BCUT2D eigenvalue weighted by Gasteiger charge is 2.41. The third kappa shape index (κ3) is 2.71. The summed E-state index contributed by atoms with van der Waals surface area (Å²) in [5.74, 6) is 0. The molecule has 0 amide bonds. The van der Waals surface area contributed by atoms with Crippen molar-refractivity contribution in [2.45, 2.75) is 32.6 Å². The summed E-state index contributed by atoms with van der Waals surface area (Å²) in [6, 6.07) is -1.63. The SMILES string of the molecule is CCNC(c1cncn1CC)C(F)(F)F. The predicted octanol–water partition coefficient (Wildman–Crippen LogP) is 2.12. The number of nitrogens with zero attached hydrogens (tertiary/aromatic N) is 2. The molecule has 0 saturated carbocycles. The zero-order valence-electron chi connectivity index (χ0n) is 8.67. The molecule has 1 heterocycles. The third-order valence-corrected chi connectivity index (χ3v) is 2.12. The molecule has 1 unspecified atom stereocenters. The van der Waals surface area contributed by atoms with Crippen LogP contribution in [0.5, 0.6) is 0 Å². The van der Waals surface area contributed by atoms with Crippen molar-refractivity contribution in [3.05, 3.63) is 18.2 Å². The third-order valence-electron chi connectivity index (χ3n) is 2.12. The molecule has 1 N–H and O–H groups in total. The number of aromatic nitrogens is 2. The molecule has 15 heavy (non-hydrogen) atoms. The molecule has 0 radical (unpaired) electrons. The second-order valence-corrected chi connectivity index (χ2v) is 3.14. The van der Waals surface area contributed by atoms with Crippen LogP contribution in [-0.2, 0) is 6.54 Å². The minimum atomic E-state index is -4.29. The van der Waals surface area contributed by atoms with Gasteiger partial charge in [-0.2, -0.15) is 13.2 Å². The summed E-state index contributed by atoms with van der Waals surface area (Å²) < 4.78 is 39.5. The molecule has 0 aliphatic carbocycles. The smallest absolute Gasteiger partial charge is 0.333 e. The average molecular weight is 221 g/mol. The first-order chi connectivity index (χ1) is 7.00. The van der Waals surface area contributed by atoms with Crippen molar-refractivity contribution in [3.8, 4) is 0 Å². The van der Waals surface area contributed by atoms with Crippen LogP contribution in [0.2, 0.25) is 0 Å². The Hall–Kier alpha value is -1.04. The van der Waals surface area contributed by atoms with E-state index in [0.717, 1.165) is 0 Å². The second-order valence-electron chi connectivity index (χ2n) is 3.14. The van der Waals surface area contributed by atoms with Crippen LogP contribution in [0, 0.1) is 0 Å². The lowest BCUT2D eigenvalue weighted by atomic mass is 10.2. The van der Waals surface area contributed by atoms with E-state index in [9.17, 15) is 13.2 Å². The first-order valence-electron chi connectivity index (χ1n) is 4.80. The Morgan fingerprint density at radius 1 is 1.47 bits per heavy atom. The molecule has 1 atom stereocenters. The molecule has 0 bridgehead atoms. The van der Waals surface area contributed by atoms with Gasteiger partial charge in [0.25, 0.3) is 0 Å². The van der Waals surface area contributed by atoms with Gasteiger partial charge in [-0.25, -0.2) is 4.98 Å². The topological polar surface area (TPSA) is 29.9 Å². The van der Waals surface area contributed by atoms with E-state index in [1.54, 1.807) is 13.8 Å². The summed E-state index contributed by atoms with van der Waals surface area (Å²) in [7, 11) is 0. The number of alkyl halides is 3. The Labute approximate surface area is 86.3 Å². The Bertz CT molecular complexity index is 306. The fourth-order valence-corrected chi connectivity index (χ4v) is 1.43.